The van der Waals surface area contributed by atoms with Gasteiger partial charge in [0.15, 0.2) is 5.75 Å². The summed E-state index contributed by atoms with van der Waals surface area (Å²) in [4.78, 5) is 12.9. The first-order chi connectivity index (χ1) is 13.6. The number of nitrogens with zero attached hydrogens (tertiary/aromatic N) is 2. The molecule has 2 aliphatic rings. The maximum absolute atomic E-state index is 12.6. The summed E-state index contributed by atoms with van der Waals surface area (Å²) in [7, 11) is -3.56. The molecule has 0 radical (unpaired) electrons. The van der Waals surface area contributed by atoms with E-state index in [0.29, 0.717) is 4.31 Å². The van der Waals surface area contributed by atoms with Crippen LogP contribution in [0.1, 0.15) is 19.3 Å². The fourth-order valence-corrected chi connectivity index (χ4v) is 4.65. The van der Waals surface area contributed by atoms with Crippen LogP contribution in [0.15, 0.2) is 0 Å². The van der Waals surface area contributed by atoms with Gasteiger partial charge in [0, 0.05) is 20.1 Å². The Bertz CT molecular complexity index is 720. The molecule has 1 amide bonds. The van der Waals surface area contributed by atoms with E-state index >= 15 is 0 Å². The Morgan fingerprint density at radius 3 is 2.30 bits per heavy atom. The van der Waals surface area contributed by atoms with Crippen LogP contribution >= 0.6 is 0 Å². The number of aliphatic hydroxyl groups excluding tert-OH is 1. The van der Waals surface area contributed by atoms with E-state index < -0.39 is 58.6 Å². The lowest BCUT2D eigenvalue weighted by Crippen LogP contribution is -2.49. The summed E-state index contributed by atoms with van der Waals surface area (Å²) in [5.41, 5.74) is -0.899. The van der Waals surface area contributed by atoms with Gasteiger partial charge in [-0.1, -0.05) is 0 Å². The van der Waals surface area contributed by atoms with Crippen molar-refractivity contribution >= 4 is 16.1 Å². The number of ether oxygens (including phenoxy) is 2. The van der Waals surface area contributed by atoms with E-state index in [-0.39, 0.29) is 39.0 Å². The van der Waals surface area contributed by atoms with Crippen LogP contribution in [0.4, 0.5) is 31.1 Å². The Morgan fingerprint density at radius 1 is 1.27 bits per heavy atom. The quantitative estimate of drug-likeness (QED) is 0.610. The molecule has 176 valence electrons. The van der Waals surface area contributed by atoms with Crippen molar-refractivity contribution in [3.8, 4) is 0 Å². The number of rotatable bonds is 5. The average molecular weight is 472 g/mol. The van der Waals surface area contributed by atoms with E-state index in [9.17, 15) is 39.6 Å². The Hall–Kier alpha value is -1.32. The highest BCUT2D eigenvalue weighted by atomic mass is 32.2. The molecule has 2 aliphatic heterocycles. The summed E-state index contributed by atoms with van der Waals surface area (Å²) in [5.74, 6) is -2.00. The summed E-state index contributed by atoms with van der Waals surface area (Å²) >= 11 is 0. The summed E-state index contributed by atoms with van der Waals surface area (Å²) in [6, 6.07) is -0.833. The van der Waals surface area contributed by atoms with E-state index in [1.165, 1.54) is 0 Å². The van der Waals surface area contributed by atoms with Gasteiger partial charge in [-0.15, -0.1) is 0 Å². The van der Waals surface area contributed by atoms with Gasteiger partial charge in [-0.2, -0.15) is 30.6 Å². The molecule has 0 aliphatic carbocycles. The third-order valence-corrected chi connectivity index (χ3v) is 7.06. The summed E-state index contributed by atoms with van der Waals surface area (Å²) in [6.45, 7) is -1.67. The van der Waals surface area contributed by atoms with Crippen molar-refractivity contribution in [2.24, 2.45) is 0 Å². The van der Waals surface area contributed by atoms with Crippen molar-refractivity contribution in [1.82, 2.24) is 9.21 Å². The average Bonchev–Trinajstić information content (AvgIpc) is 2.99. The number of aliphatic hydroxyl groups is 1. The predicted molar refractivity (Wildman–Crippen MR) is 88.9 cm³/mol. The Balaban J connectivity index is 1.93. The molecule has 2 saturated heterocycles. The molecular formula is C15H22F6N2O6S. The minimum Gasteiger partial charge on any atom is -0.434 e. The van der Waals surface area contributed by atoms with E-state index in [1.807, 2.05) is 0 Å². The van der Waals surface area contributed by atoms with Crippen molar-refractivity contribution < 1.29 is 54.1 Å². The van der Waals surface area contributed by atoms with Crippen LogP contribution in [0.25, 0.3) is 0 Å². The largest absolute Gasteiger partial charge is 0.434 e. The fourth-order valence-electron chi connectivity index (χ4n) is 3.44. The zero-order chi connectivity index (χ0) is 23.0. The van der Waals surface area contributed by atoms with E-state index in [0.717, 1.165) is 11.9 Å². The SMILES string of the molecule is CN(C1COC2(CCN(C(=O)OC(CO)C(F)(F)F)CC2)C1)S(=O)(=O)CC(F)(F)F. The van der Waals surface area contributed by atoms with Gasteiger partial charge < -0.3 is 19.5 Å². The normalized spacial score (nSPS) is 23.8. The number of halogens is 6. The van der Waals surface area contributed by atoms with Gasteiger partial charge in [-0.3, -0.25) is 0 Å². The number of amides is 1. The van der Waals surface area contributed by atoms with Gasteiger partial charge in [0.05, 0.1) is 24.9 Å². The van der Waals surface area contributed by atoms with Crippen molar-refractivity contribution in [2.45, 2.75) is 49.4 Å². The number of likely N-dealkylation sites (tertiary alicyclic amines) is 1. The van der Waals surface area contributed by atoms with Gasteiger partial charge in [0.1, 0.15) is 0 Å². The molecule has 2 fully saturated rings. The van der Waals surface area contributed by atoms with Crippen LogP contribution in [-0.4, -0.2) is 98.0 Å². The van der Waals surface area contributed by atoms with Crippen LogP contribution in [0.2, 0.25) is 0 Å². The Kier molecular flexibility index (Phi) is 7.21. The molecule has 2 rings (SSSR count). The first kappa shape index (κ1) is 24.9. The number of piperidine rings is 1. The molecule has 8 nitrogen and oxygen atoms in total. The topological polar surface area (TPSA) is 96.4 Å². The van der Waals surface area contributed by atoms with Crippen molar-refractivity contribution in [1.29, 1.82) is 0 Å². The monoisotopic (exact) mass is 472 g/mol. The Labute approximate surface area is 168 Å². The van der Waals surface area contributed by atoms with Gasteiger partial charge in [-0.05, 0) is 19.3 Å². The van der Waals surface area contributed by atoms with E-state index in [4.69, 9.17) is 9.84 Å². The first-order valence-corrected chi connectivity index (χ1v) is 10.5. The molecule has 0 aromatic carbocycles. The molecular weight excluding hydrogens is 450 g/mol. The van der Waals surface area contributed by atoms with Crippen LogP contribution < -0.4 is 0 Å². The van der Waals surface area contributed by atoms with Crippen LogP contribution in [-0.2, 0) is 19.5 Å². The number of likely N-dealkylation sites (N-methyl/N-ethyl adjacent to an activating group) is 1. The standard InChI is InChI=1S/C15H22F6N2O6S/c1-22(30(26,27)9-14(16,17)18)10-6-13(28-8-10)2-4-23(5-3-13)12(25)29-11(7-24)15(19,20)21/h10-11,24H,2-9H2,1H3. The van der Waals surface area contributed by atoms with Crippen molar-refractivity contribution in [2.75, 3.05) is 39.1 Å². The molecule has 30 heavy (non-hydrogen) atoms. The highest BCUT2D eigenvalue weighted by molar-refractivity contribution is 7.89. The lowest BCUT2D eigenvalue weighted by molar-refractivity contribution is -0.215. The molecule has 0 aromatic rings. The number of carbonyl (C=O) groups is 1. The smallest absolute Gasteiger partial charge is 0.427 e. The third-order valence-electron chi connectivity index (χ3n) is 5.20. The maximum atomic E-state index is 12.6. The highest BCUT2D eigenvalue weighted by Crippen LogP contribution is 2.38. The lowest BCUT2D eigenvalue weighted by Gasteiger charge is -2.38. The van der Waals surface area contributed by atoms with Crippen LogP contribution in [0, 0.1) is 0 Å². The summed E-state index contributed by atoms with van der Waals surface area (Å²) < 4.78 is 110. The van der Waals surface area contributed by atoms with Gasteiger partial charge in [0.2, 0.25) is 16.1 Å². The van der Waals surface area contributed by atoms with Gasteiger partial charge in [0.25, 0.3) is 0 Å². The summed E-state index contributed by atoms with van der Waals surface area (Å²) in [6.07, 6.45) is -13.4. The number of alkyl halides is 6. The first-order valence-electron chi connectivity index (χ1n) is 8.88. The second-order valence-electron chi connectivity index (χ2n) is 7.32. The van der Waals surface area contributed by atoms with E-state index in [2.05, 4.69) is 4.74 Å². The molecule has 1 N–H and O–H groups in total. The number of sulfonamides is 1. The number of hydrogen-bond donors (Lipinski definition) is 1. The molecule has 0 bridgehead atoms. The molecule has 0 saturated carbocycles. The zero-order valence-corrected chi connectivity index (χ0v) is 16.7. The van der Waals surface area contributed by atoms with E-state index in [1.54, 1.807) is 0 Å². The molecule has 2 unspecified atom stereocenters. The lowest BCUT2D eigenvalue weighted by atomic mass is 9.87. The molecule has 2 atom stereocenters. The predicted octanol–water partition coefficient (Wildman–Crippen LogP) is 1.49. The third kappa shape index (κ3) is 6.11. The van der Waals surface area contributed by atoms with Gasteiger partial charge >= 0.3 is 18.4 Å². The molecule has 1 spiro atoms. The highest BCUT2D eigenvalue weighted by Gasteiger charge is 2.49. The Morgan fingerprint density at radius 2 is 1.83 bits per heavy atom. The zero-order valence-electron chi connectivity index (χ0n) is 15.9. The molecule has 2 heterocycles. The summed E-state index contributed by atoms with van der Waals surface area (Å²) in [5, 5.41) is 8.73. The minimum atomic E-state index is -4.92. The molecule has 15 heteroatoms. The van der Waals surface area contributed by atoms with Crippen LogP contribution in [0.5, 0.6) is 0 Å². The number of carbonyl (C=O) groups excluding carboxylic acids is 1. The second kappa shape index (κ2) is 8.67. The second-order valence-corrected chi connectivity index (χ2v) is 9.35. The number of hydrogen-bond acceptors (Lipinski definition) is 6. The maximum Gasteiger partial charge on any atom is 0.427 e. The van der Waals surface area contributed by atoms with Crippen LogP contribution in [0.3, 0.4) is 0 Å². The van der Waals surface area contributed by atoms with Crippen molar-refractivity contribution in [3.05, 3.63) is 0 Å². The fraction of sp³-hybridized carbons (Fsp3) is 0.933. The minimum absolute atomic E-state index is 0.0550. The van der Waals surface area contributed by atoms with Crippen molar-refractivity contribution in [3.63, 3.8) is 0 Å². The molecule has 0 aromatic heterocycles. The van der Waals surface area contributed by atoms with Gasteiger partial charge in [-0.25, -0.2) is 13.2 Å².